The highest BCUT2D eigenvalue weighted by Crippen LogP contribution is 2.28. The smallest absolute Gasteiger partial charge is 0.289 e. The van der Waals surface area contributed by atoms with E-state index in [2.05, 4.69) is 34.5 Å². The molecule has 2 aromatic rings. The maximum absolute atomic E-state index is 13.1. The fourth-order valence-corrected chi connectivity index (χ4v) is 5.16. The minimum Gasteiger partial charge on any atom is -0.459 e. The number of hydrogen-bond donors (Lipinski definition) is 1. The van der Waals surface area contributed by atoms with E-state index >= 15 is 0 Å². The molecule has 1 unspecified atom stereocenters. The summed E-state index contributed by atoms with van der Waals surface area (Å²) in [6.45, 7) is 3.23. The molecule has 0 radical (unpaired) electrons. The Balaban J connectivity index is 1.20. The lowest BCUT2D eigenvalue weighted by Gasteiger charge is -2.40. The fourth-order valence-electron chi connectivity index (χ4n) is 5.16. The van der Waals surface area contributed by atoms with Crippen LogP contribution in [-0.4, -0.2) is 83.8 Å². The summed E-state index contributed by atoms with van der Waals surface area (Å²) in [5, 5.41) is 2.94. The molecule has 8 nitrogen and oxygen atoms in total. The van der Waals surface area contributed by atoms with E-state index in [0.717, 1.165) is 19.4 Å². The topological polar surface area (TPSA) is 86.1 Å². The third-order valence-corrected chi connectivity index (χ3v) is 6.89. The number of amides is 3. The predicted octanol–water partition coefficient (Wildman–Crippen LogP) is 0.922. The zero-order chi connectivity index (χ0) is 22.1. The molecule has 3 aliphatic rings. The number of fused-ring (bicyclic) bond motifs is 1. The third-order valence-electron chi connectivity index (χ3n) is 6.89. The Morgan fingerprint density at radius 1 is 0.938 bits per heavy atom. The third kappa shape index (κ3) is 4.02. The minimum atomic E-state index is -0.446. The lowest BCUT2D eigenvalue weighted by atomic mass is 10.0. The molecule has 32 heavy (non-hydrogen) atoms. The number of piperazine rings is 2. The first kappa shape index (κ1) is 20.8. The summed E-state index contributed by atoms with van der Waals surface area (Å²) in [6.07, 6.45) is 3.49. The van der Waals surface area contributed by atoms with Crippen molar-refractivity contribution in [2.75, 3.05) is 39.3 Å². The Bertz CT molecular complexity index is 972. The van der Waals surface area contributed by atoms with Crippen LogP contribution in [0.4, 0.5) is 0 Å². The van der Waals surface area contributed by atoms with Crippen molar-refractivity contribution in [3.63, 3.8) is 0 Å². The van der Waals surface area contributed by atoms with Gasteiger partial charge in [-0.3, -0.25) is 19.3 Å². The Morgan fingerprint density at radius 2 is 1.62 bits per heavy atom. The molecule has 0 saturated carbocycles. The number of carbonyl (C=O) groups excluding carboxylic acids is 3. The Hall–Kier alpha value is -3.13. The van der Waals surface area contributed by atoms with Gasteiger partial charge in [0, 0.05) is 45.3 Å². The number of nitrogens with one attached hydrogen (secondary N) is 1. The molecule has 3 heterocycles. The van der Waals surface area contributed by atoms with Gasteiger partial charge in [0.2, 0.25) is 11.8 Å². The maximum atomic E-state index is 13.1. The van der Waals surface area contributed by atoms with E-state index in [0.29, 0.717) is 38.5 Å². The van der Waals surface area contributed by atoms with Gasteiger partial charge in [0.15, 0.2) is 5.76 Å². The SMILES string of the molecule is O=C1NCCN(C2Cc3ccccc3C2)C1CC(=O)N1CCN(C(=O)c2ccco2)CC1. The van der Waals surface area contributed by atoms with Crippen LogP contribution < -0.4 is 5.32 Å². The summed E-state index contributed by atoms with van der Waals surface area (Å²) in [7, 11) is 0. The van der Waals surface area contributed by atoms with Crippen molar-refractivity contribution in [1.29, 1.82) is 0 Å². The lowest BCUT2D eigenvalue weighted by Crippen LogP contribution is -2.60. The van der Waals surface area contributed by atoms with Crippen LogP contribution >= 0.6 is 0 Å². The van der Waals surface area contributed by atoms with Crippen LogP contribution in [0.15, 0.2) is 47.1 Å². The second kappa shape index (κ2) is 8.78. The number of carbonyl (C=O) groups is 3. The molecule has 0 spiro atoms. The second-order valence-electron chi connectivity index (χ2n) is 8.73. The molecule has 2 saturated heterocycles. The minimum absolute atomic E-state index is 0.0299. The number of hydrogen-bond acceptors (Lipinski definition) is 5. The summed E-state index contributed by atoms with van der Waals surface area (Å²) < 4.78 is 5.20. The highest BCUT2D eigenvalue weighted by molar-refractivity contribution is 5.92. The van der Waals surface area contributed by atoms with Crippen LogP contribution in [0, 0.1) is 0 Å². The van der Waals surface area contributed by atoms with E-state index in [1.807, 2.05) is 0 Å². The fraction of sp³-hybridized carbons (Fsp3) is 0.458. The van der Waals surface area contributed by atoms with Gasteiger partial charge in [0.25, 0.3) is 5.91 Å². The summed E-state index contributed by atoms with van der Waals surface area (Å²) >= 11 is 0. The number of benzene rings is 1. The van der Waals surface area contributed by atoms with E-state index < -0.39 is 6.04 Å². The zero-order valence-corrected chi connectivity index (χ0v) is 18.0. The molecule has 5 rings (SSSR count). The number of rotatable bonds is 4. The van der Waals surface area contributed by atoms with Crippen LogP contribution in [0.1, 0.15) is 28.1 Å². The van der Waals surface area contributed by atoms with E-state index in [-0.39, 0.29) is 30.2 Å². The molecule has 1 N–H and O–H groups in total. The van der Waals surface area contributed by atoms with Gasteiger partial charge in [-0.1, -0.05) is 24.3 Å². The van der Waals surface area contributed by atoms with Gasteiger partial charge in [-0.25, -0.2) is 0 Å². The first-order valence-corrected chi connectivity index (χ1v) is 11.3. The van der Waals surface area contributed by atoms with Gasteiger partial charge in [-0.2, -0.15) is 0 Å². The van der Waals surface area contributed by atoms with Crippen molar-refractivity contribution < 1.29 is 18.8 Å². The monoisotopic (exact) mass is 436 g/mol. The number of furan rings is 1. The van der Waals surface area contributed by atoms with Gasteiger partial charge in [-0.05, 0) is 36.1 Å². The predicted molar refractivity (Wildman–Crippen MR) is 117 cm³/mol. The summed E-state index contributed by atoms with van der Waals surface area (Å²) in [6, 6.07) is 11.6. The molecule has 168 valence electrons. The van der Waals surface area contributed by atoms with Crippen molar-refractivity contribution in [2.24, 2.45) is 0 Å². The molecule has 3 amide bonds. The maximum Gasteiger partial charge on any atom is 0.289 e. The second-order valence-corrected chi connectivity index (χ2v) is 8.73. The molecule has 0 bridgehead atoms. The molecule has 2 fully saturated rings. The summed E-state index contributed by atoms with van der Waals surface area (Å²) in [5.41, 5.74) is 2.68. The van der Waals surface area contributed by atoms with Crippen LogP contribution in [0.5, 0.6) is 0 Å². The standard InChI is InChI=1S/C24H28N4O4/c29-22(26-9-11-27(12-10-26)24(31)21-6-3-13-32-21)16-20-23(30)25-7-8-28(20)19-14-17-4-1-2-5-18(17)15-19/h1-6,13,19-20H,7-12,14-16H2,(H,25,30). The Labute approximate surface area is 187 Å². The Morgan fingerprint density at radius 3 is 2.28 bits per heavy atom. The van der Waals surface area contributed by atoms with Gasteiger partial charge in [0.05, 0.1) is 18.7 Å². The normalized spacial score (nSPS) is 22.0. The molecule has 1 atom stereocenters. The molecule has 8 heteroatoms. The van der Waals surface area contributed by atoms with Crippen molar-refractivity contribution in [3.8, 4) is 0 Å². The van der Waals surface area contributed by atoms with Gasteiger partial charge in [0.1, 0.15) is 0 Å². The largest absolute Gasteiger partial charge is 0.459 e. The van der Waals surface area contributed by atoms with Crippen LogP contribution in [-0.2, 0) is 22.4 Å². The van der Waals surface area contributed by atoms with Crippen molar-refractivity contribution in [1.82, 2.24) is 20.0 Å². The van der Waals surface area contributed by atoms with Crippen LogP contribution in [0.3, 0.4) is 0 Å². The molecule has 1 aromatic heterocycles. The molecular formula is C24H28N4O4. The summed E-state index contributed by atoms with van der Waals surface area (Å²) in [4.78, 5) is 44.0. The van der Waals surface area contributed by atoms with Gasteiger partial charge >= 0.3 is 0 Å². The highest BCUT2D eigenvalue weighted by Gasteiger charge is 2.39. The van der Waals surface area contributed by atoms with Crippen LogP contribution in [0.2, 0.25) is 0 Å². The molecule has 2 aliphatic heterocycles. The molecular weight excluding hydrogens is 408 g/mol. The molecule has 1 aliphatic carbocycles. The number of nitrogens with zero attached hydrogens (tertiary/aromatic N) is 3. The first-order chi connectivity index (χ1) is 15.6. The quantitative estimate of drug-likeness (QED) is 0.771. The van der Waals surface area contributed by atoms with Crippen molar-refractivity contribution >= 4 is 17.7 Å². The Kier molecular flexibility index (Phi) is 5.70. The van der Waals surface area contributed by atoms with Crippen molar-refractivity contribution in [2.45, 2.75) is 31.3 Å². The van der Waals surface area contributed by atoms with E-state index in [1.54, 1.807) is 21.9 Å². The van der Waals surface area contributed by atoms with Crippen molar-refractivity contribution in [3.05, 3.63) is 59.5 Å². The molecule has 1 aromatic carbocycles. The highest BCUT2D eigenvalue weighted by atomic mass is 16.3. The van der Waals surface area contributed by atoms with Crippen LogP contribution in [0.25, 0.3) is 0 Å². The van der Waals surface area contributed by atoms with E-state index in [4.69, 9.17) is 4.42 Å². The summed E-state index contributed by atoms with van der Waals surface area (Å²) in [5.74, 6) is 0.0717. The zero-order valence-electron chi connectivity index (χ0n) is 18.0. The van der Waals surface area contributed by atoms with E-state index in [1.165, 1.54) is 17.4 Å². The lowest BCUT2D eigenvalue weighted by molar-refractivity contribution is -0.140. The van der Waals surface area contributed by atoms with Gasteiger partial charge in [-0.15, -0.1) is 0 Å². The average Bonchev–Trinajstić information content (AvgIpc) is 3.50. The first-order valence-electron chi connectivity index (χ1n) is 11.3. The average molecular weight is 437 g/mol. The van der Waals surface area contributed by atoms with Gasteiger partial charge < -0.3 is 19.5 Å². The van der Waals surface area contributed by atoms with E-state index in [9.17, 15) is 14.4 Å².